The van der Waals surface area contributed by atoms with Crippen LogP contribution in [-0.2, 0) is 19.1 Å². The SMILES string of the molecule is CN(C(=O)OCC1c2ccccc2-c2ccccc21)[C@@H](CNC(=O)N1CCN(CC(=O)OC(C)(C)C)CC1)C(=O)O. The van der Waals surface area contributed by atoms with Gasteiger partial charge in [-0.05, 0) is 43.0 Å². The number of nitrogens with one attached hydrogen (secondary N) is 1. The van der Waals surface area contributed by atoms with Crippen LogP contribution in [0.1, 0.15) is 37.8 Å². The molecule has 1 saturated heterocycles. The van der Waals surface area contributed by atoms with E-state index in [1.807, 2.05) is 74.2 Å². The Morgan fingerprint density at radius 2 is 1.54 bits per heavy atom. The van der Waals surface area contributed by atoms with Crippen LogP contribution in [0.4, 0.5) is 9.59 Å². The molecular weight excluding hydrogens is 528 g/mol. The van der Waals surface area contributed by atoms with Crippen LogP contribution in [0.2, 0.25) is 0 Å². The van der Waals surface area contributed by atoms with Gasteiger partial charge in [0.15, 0.2) is 0 Å². The molecule has 2 aliphatic rings. The van der Waals surface area contributed by atoms with Gasteiger partial charge in [0, 0.05) is 39.1 Å². The number of fused-ring (bicyclic) bond motifs is 3. The maximum atomic E-state index is 12.9. The lowest BCUT2D eigenvalue weighted by atomic mass is 9.98. The molecule has 3 amide bonds. The lowest BCUT2D eigenvalue weighted by Gasteiger charge is -2.35. The van der Waals surface area contributed by atoms with Gasteiger partial charge < -0.3 is 24.8 Å². The van der Waals surface area contributed by atoms with Crippen LogP contribution < -0.4 is 5.32 Å². The van der Waals surface area contributed by atoms with Crippen molar-refractivity contribution in [1.82, 2.24) is 20.0 Å². The zero-order valence-corrected chi connectivity index (χ0v) is 24.0. The van der Waals surface area contributed by atoms with Crippen molar-refractivity contribution < 1.29 is 33.8 Å². The van der Waals surface area contributed by atoms with Crippen LogP contribution in [-0.4, -0.2) is 108 Å². The van der Waals surface area contributed by atoms with Crippen LogP contribution in [0.5, 0.6) is 0 Å². The smallest absolute Gasteiger partial charge is 0.410 e. The summed E-state index contributed by atoms with van der Waals surface area (Å²) in [6.07, 6.45) is -0.788. The summed E-state index contributed by atoms with van der Waals surface area (Å²) in [6.45, 7) is 7.04. The predicted molar refractivity (Wildman–Crippen MR) is 152 cm³/mol. The minimum Gasteiger partial charge on any atom is -0.480 e. The molecule has 1 atom stereocenters. The van der Waals surface area contributed by atoms with Gasteiger partial charge in [-0.2, -0.15) is 0 Å². The van der Waals surface area contributed by atoms with E-state index in [9.17, 15) is 24.3 Å². The van der Waals surface area contributed by atoms with Crippen LogP contribution in [0, 0.1) is 0 Å². The third-order valence-corrected chi connectivity index (χ3v) is 7.26. The number of carbonyl (C=O) groups is 4. The van der Waals surface area contributed by atoms with E-state index in [1.165, 1.54) is 7.05 Å². The highest BCUT2D eigenvalue weighted by Gasteiger charge is 2.33. The number of likely N-dealkylation sites (N-methyl/N-ethyl adjacent to an activating group) is 1. The molecule has 1 aliphatic carbocycles. The second kappa shape index (κ2) is 12.6. The van der Waals surface area contributed by atoms with Gasteiger partial charge in [-0.15, -0.1) is 0 Å². The standard InChI is InChI=1S/C30H38N4O7/c1-30(2,3)41-26(35)18-33-13-15-34(16-14-33)28(38)31-17-25(27(36)37)32(4)29(39)40-19-24-22-11-7-5-9-20(22)21-10-6-8-12-23(21)24/h5-12,24-25H,13-19H2,1-4H3,(H,31,38)(H,36,37)/t25-/m0/s1. The minimum absolute atomic E-state index is 0.0590. The van der Waals surface area contributed by atoms with E-state index in [0.717, 1.165) is 27.2 Å². The maximum absolute atomic E-state index is 12.9. The second-order valence-electron chi connectivity index (χ2n) is 11.3. The molecule has 11 heteroatoms. The number of carboxylic acids is 1. The van der Waals surface area contributed by atoms with Crippen molar-refractivity contribution in [1.29, 1.82) is 0 Å². The Hall–Kier alpha value is -4.12. The molecule has 0 bridgehead atoms. The van der Waals surface area contributed by atoms with Crippen molar-refractivity contribution in [3.05, 3.63) is 59.7 Å². The summed E-state index contributed by atoms with van der Waals surface area (Å²) >= 11 is 0. The molecule has 1 heterocycles. The van der Waals surface area contributed by atoms with Crippen molar-refractivity contribution in [2.45, 2.75) is 38.3 Å². The number of piperazine rings is 1. The lowest BCUT2D eigenvalue weighted by Crippen LogP contribution is -2.55. The Labute approximate surface area is 240 Å². The third-order valence-electron chi connectivity index (χ3n) is 7.26. The summed E-state index contributed by atoms with van der Waals surface area (Å²) in [6, 6.07) is 14.1. The van der Waals surface area contributed by atoms with E-state index >= 15 is 0 Å². The highest BCUT2D eigenvalue weighted by atomic mass is 16.6. The largest absolute Gasteiger partial charge is 0.480 e. The second-order valence-corrected chi connectivity index (χ2v) is 11.3. The average molecular weight is 567 g/mol. The van der Waals surface area contributed by atoms with Crippen LogP contribution in [0.3, 0.4) is 0 Å². The molecule has 0 aromatic heterocycles. The maximum Gasteiger partial charge on any atom is 0.410 e. The fraction of sp³-hybridized carbons (Fsp3) is 0.467. The van der Waals surface area contributed by atoms with E-state index in [1.54, 1.807) is 4.90 Å². The number of rotatable bonds is 8. The van der Waals surface area contributed by atoms with Gasteiger partial charge in [-0.1, -0.05) is 48.5 Å². The number of esters is 1. The first-order chi connectivity index (χ1) is 19.4. The molecule has 2 N–H and O–H groups in total. The fourth-order valence-electron chi connectivity index (χ4n) is 5.17. The molecule has 11 nitrogen and oxygen atoms in total. The Kier molecular flexibility index (Phi) is 9.17. The molecule has 0 saturated carbocycles. The van der Waals surface area contributed by atoms with Crippen molar-refractivity contribution in [3.8, 4) is 11.1 Å². The number of aliphatic carboxylic acids is 1. The average Bonchev–Trinajstić information content (AvgIpc) is 3.24. The summed E-state index contributed by atoms with van der Waals surface area (Å²) in [5.74, 6) is -1.74. The summed E-state index contributed by atoms with van der Waals surface area (Å²) in [5, 5.41) is 12.4. The number of hydrogen-bond acceptors (Lipinski definition) is 7. The quantitative estimate of drug-likeness (QED) is 0.467. The minimum atomic E-state index is -1.32. The van der Waals surface area contributed by atoms with Crippen molar-refractivity contribution in [3.63, 3.8) is 0 Å². The molecular formula is C30H38N4O7. The first-order valence-corrected chi connectivity index (χ1v) is 13.7. The number of carbonyl (C=O) groups excluding carboxylic acids is 3. The first kappa shape index (κ1) is 29.9. The highest BCUT2D eigenvalue weighted by Crippen LogP contribution is 2.44. The number of benzene rings is 2. The number of nitrogens with zero attached hydrogens (tertiary/aromatic N) is 3. The molecule has 1 fully saturated rings. The predicted octanol–water partition coefficient (Wildman–Crippen LogP) is 2.99. The molecule has 0 unspecified atom stereocenters. The number of urea groups is 1. The normalized spacial score (nSPS) is 15.9. The van der Waals surface area contributed by atoms with Crippen LogP contribution in [0.15, 0.2) is 48.5 Å². The van der Waals surface area contributed by atoms with Crippen molar-refractivity contribution in [2.24, 2.45) is 0 Å². The molecule has 0 spiro atoms. The lowest BCUT2D eigenvalue weighted by molar-refractivity contribution is -0.156. The van der Waals surface area contributed by atoms with E-state index in [2.05, 4.69) is 5.32 Å². The summed E-state index contributed by atoms with van der Waals surface area (Å²) < 4.78 is 10.9. The number of ether oxygens (including phenoxy) is 2. The zero-order valence-electron chi connectivity index (χ0n) is 24.0. The summed E-state index contributed by atoms with van der Waals surface area (Å²) in [5.41, 5.74) is 3.73. The van der Waals surface area contributed by atoms with Crippen LogP contribution in [0.25, 0.3) is 11.1 Å². The van der Waals surface area contributed by atoms with Gasteiger partial charge >= 0.3 is 24.1 Å². The van der Waals surface area contributed by atoms with Gasteiger partial charge in [0.05, 0.1) is 13.1 Å². The van der Waals surface area contributed by atoms with Crippen LogP contribution >= 0.6 is 0 Å². The monoisotopic (exact) mass is 566 g/mol. The Morgan fingerprint density at radius 1 is 0.976 bits per heavy atom. The Bertz CT molecular complexity index is 1240. The van der Waals surface area contributed by atoms with E-state index in [4.69, 9.17) is 9.47 Å². The number of amides is 3. The fourth-order valence-corrected chi connectivity index (χ4v) is 5.17. The van der Waals surface area contributed by atoms with Gasteiger partial charge in [0.25, 0.3) is 0 Å². The Balaban J connectivity index is 1.27. The van der Waals surface area contributed by atoms with Gasteiger partial charge in [0.1, 0.15) is 18.2 Å². The molecule has 41 heavy (non-hydrogen) atoms. The summed E-state index contributed by atoms with van der Waals surface area (Å²) in [4.78, 5) is 54.2. The van der Waals surface area contributed by atoms with Gasteiger partial charge in [-0.25, -0.2) is 14.4 Å². The molecule has 4 rings (SSSR count). The van der Waals surface area contributed by atoms with Crippen molar-refractivity contribution >= 4 is 24.1 Å². The van der Waals surface area contributed by atoms with Gasteiger partial charge in [-0.3, -0.25) is 14.6 Å². The molecule has 220 valence electrons. The van der Waals surface area contributed by atoms with Crippen molar-refractivity contribution in [2.75, 3.05) is 52.9 Å². The molecule has 2 aromatic carbocycles. The van der Waals surface area contributed by atoms with E-state index < -0.39 is 29.7 Å². The van der Waals surface area contributed by atoms with E-state index in [0.29, 0.717) is 26.2 Å². The number of hydrogen-bond donors (Lipinski definition) is 2. The topological polar surface area (TPSA) is 129 Å². The molecule has 1 aliphatic heterocycles. The zero-order chi connectivity index (χ0) is 29.7. The Morgan fingerprint density at radius 3 is 2.07 bits per heavy atom. The molecule has 0 radical (unpaired) electrons. The third kappa shape index (κ3) is 7.35. The summed E-state index contributed by atoms with van der Waals surface area (Å²) in [7, 11) is 1.35. The molecule has 2 aromatic rings. The highest BCUT2D eigenvalue weighted by molar-refractivity contribution is 5.82. The first-order valence-electron chi connectivity index (χ1n) is 13.7. The van der Waals surface area contributed by atoms with Gasteiger partial charge in [0.2, 0.25) is 0 Å². The van der Waals surface area contributed by atoms with E-state index in [-0.39, 0.29) is 31.6 Å². The number of carboxylic acid groups (broad SMARTS) is 1.